The van der Waals surface area contributed by atoms with Crippen molar-refractivity contribution >= 4 is 35.5 Å². The number of rotatable bonds is 14. The molecular weight excluding hydrogens is 440 g/mol. The fourth-order valence-electron chi connectivity index (χ4n) is 2.89. The fraction of sp³-hybridized carbons (Fsp3) is 0.375. The van der Waals surface area contributed by atoms with Gasteiger partial charge in [-0.05, 0) is 36.6 Å². The van der Waals surface area contributed by atoms with Gasteiger partial charge in [0.15, 0.2) is 0 Å². The van der Waals surface area contributed by atoms with Gasteiger partial charge in [0.05, 0.1) is 0 Å². The standard InChI is InChI=1S/C24H30N4O6/c1-27(2)20-12-10-18(11-13-20)7-6-8-19(15-25)24(34)26-14-5-3-4-9-21(29)28(16-22(30)31)17-23(32)33/h6-8,10-13H,3-5,9,14,16-17H2,1-2H3,(H,26,34)(H,30,31)(H,32,33). The number of carbonyl (C=O) groups excluding carboxylic acids is 2. The highest BCUT2D eigenvalue weighted by Gasteiger charge is 2.19. The van der Waals surface area contributed by atoms with Gasteiger partial charge in [-0.15, -0.1) is 0 Å². The van der Waals surface area contributed by atoms with E-state index in [1.807, 2.05) is 49.3 Å². The van der Waals surface area contributed by atoms with Crippen LogP contribution in [0.25, 0.3) is 6.08 Å². The van der Waals surface area contributed by atoms with Gasteiger partial charge in [0.25, 0.3) is 5.91 Å². The molecule has 10 nitrogen and oxygen atoms in total. The van der Waals surface area contributed by atoms with Crippen molar-refractivity contribution in [3.05, 3.63) is 47.6 Å². The zero-order chi connectivity index (χ0) is 25.5. The summed E-state index contributed by atoms with van der Waals surface area (Å²) in [5, 5.41) is 29.4. The van der Waals surface area contributed by atoms with E-state index in [0.717, 1.165) is 16.2 Å². The maximum absolute atomic E-state index is 12.2. The lowest BCUT2D eigenvalue weighted by Gasteiger charge is -2.18. The number of allylic oxidation sites excluding steroid dienone is 2. The van der Waals surface area contributed by atoms with E-state index in [-0.39, 0.29) is 12.0 Å². The molecule has 3 N–H and O–H groups in total. The maximum Gasteiger partial charge on any atom is 0.323 e. The number of aliphatic carboxylic acids is 2. The summed E-state index contributed by atoms with van der Waals surface area (Å²) in [7, 11) is 3.90. The van der Waals surface area contributed by atoms with Crippen molar-refractivity contribution in [2.24, 2.45) is 0 Å². The predicted molar refractivity (Wildman–Crippen MR) is 127 cm³/mol. The van der Waals surface area contributed by atoms with E-state index in [4.69, 9.17) is 10.2 Å². The van der Waals surface area contributed by atoms with Gasteiger partial charge in [-0.3, -0.25) is 19.2 Å². The van der Waals surface area contributed by atoms with Gasteiger partial charge in [0.1, 0.15) is 24.7 Å². The smallest absolute Gasteiger partial charge is 0.323 e. The number of unbranched alkanes of at least 4 members (excludes halogenated alkanes) is 2. The van der Waals surface area contributed by atoms with E-state index < -0.39 is 36.8 Å². The molecule has 182 valence electrons. The highest BCUT2D eigenvalue weighted by atomic mass is 16.4. The lowest BCUT2D eigenvalue weighted by atomic mass is 10.1. The molecule has 34 heavy (non-hydrogen) atoms. The lowest BCUT2D eigenvalue weighted by Crippen LogP contribution is -2.39. The first kappa shape index (κ1) is 27.9. The van der Waals surface area contributed by atoms with Crippen LogP contribution in [-0.4, -0.2) is 72.6 Å². The molecule has 0 aliphatic rings. The number of anilines is 1. The minimum absolute atomic E-state index is 0.0121. The molecule has 0 heterocycles. The Bertz CT molecular complexity index is 945. The number of benzene rings is 1. The Kier molecular flexibility index (Phi) is 12.2. The van der Waals surface area contributed by atoms with Gasteiger partial charge in [0, 0.05) is 32.7 Å². The Hall–Kier alpha value is -4.13. The second-order valence-corrected chi connectivity index (χ2v) is 7.64. The van der Waals surface area contributed by atoms with E-state index in [2.05, 4.69) is 5.32 Å². The van der Waals surface area contributed by atoms with Crippen molar-refractivity contribution in [2.45, 2.75) is 25.7 Å². The van der Waals surface area contributed by atoms with Crippen LogP contribution in [-0.2, 0) is 19.2 Å². The lowest BCUT2D eigenvalue weighted by molar-refractivity contribution is -0.149. The molecule has 0 aromatic heterocycles. The number of amides is 2. The first-order valence-electron chi connectivity index (χ1n) is 10.7. The van der Waals surface area contributed by atoms with Crippen LogP contribution in [0.2, 0.25) is 0 Å². The Morgan fingerprint density at radius 1 is 1.00 bits per heavy atom. The van der Waals surface area contributed by atoms with Gasteiger partial charge < -0.3 is 25.3 Å². The second kappa shape index (κ2) is 14.8. The molecule has 2 amide bonds. The third-order valence-corrected chi connectivity index (χ3v) is 4.68. The van der Waals surface area contributed by atoms with Gasteiger partial charge in [-0.2, -0.15) is 5.26 Å². The van der Waals surface area contributed by atoms with Crippen LogP contribution in [0.1, 0.15) is 31.2 Å². The summed E-state index contributed by atoms with van der Waals surface area (Å²) in [6.07, 6.45) is 6.40. The van der Waals surface area contributed by atoms with Crippen molar-refractivity contribution in [1.29, 1.82) is 5.26 Å². The predicted octanol–water partition coefficient (Wildman–Crippen LogP) is 1.89. The van der Waals surface area contributed by atoms with Crippen LogP contribution in [0.5, 0.6) is 0 Å². The first-order valence-corrected chi connectivity index (χ1v) is 10.7. The number of carbonyl (C=O) groups is 4. The number of nitrogens with zero attached hydrogens (tertiary/aromatic N) is 3. The van der Waals surface area contributed by atoms with Gasteiger partial charge in [-0.25, -0.2) is 0 Å². The van der Waals surface area contributed by atoms with Crippen LogP contribution >= 0.6 is 0 Å². The van der Waals surface area contributed by atoms with Crippen molar-refractivity contribution < 1.29 is 29.4 Å². The monoisotopic (exact) mass is 470 g/mol. The van der Waals surface area contributed by atoms with Gasteiger partial charge >= 0.3 is 11.9 Å². The Morgan fingerprint density at radius 3 is 2.15 bits per heavy atom. The molecule has 1 aromatic carbocycles. The number of carboxylic acids is 2. The molecule has 0 saturated heterocycles. The number of hydrogen-bond acceptors (Lipinski definition) is 6. The van der Waals surface area contributed by atoms with Crippen LogP contribution in [0.3, 0.4) is 0 Å². The minimum Gasteiger partial charge on any atom is -0.480 e. The Labute approximate surface area is 198 Å². The van der Waals surface area contributed by atoms with Crippen LogP contribution in [0.4, 0.5) is 5.69 Å². The quantitative estimate of drug-likeness (QED) is 0.161. The highest BCUT2D eigenvalue weighted by molar-refractivity contribution is 5.97. The summed E-state index contributed by atoms with van der Waals surface area (Å²) in [5.41, 5.74) is 1.96. The van der Waals surface area contributed by atoms with E-state index in [9.17, 15) is 24.4 Å². The average molecular weight is 471 g/mol. The summed E-state index contributed by atoms with van der Waals surface area (Å²) >= 11 is 0. The zero-order valence-corrected chi connectivity index (χ0v) is 19.4. The molecule has 0 atom stereocenters. The van der Waals surface area contributed by atoms with Gasteiger partial charge in [-0.1, -0.05) is 30.7 Å². The summed E-state index contributed by atoms with van der Waals surface area (Å²) in [5.74, 6) is -3.61. The second-order valence-electron chi connectivity index (χ2n) is 7.64. The first-order chi connectivity index (χ1) is 16.1. The third-order valence-electron chi connectivity index (χ3n) is 4.68. The molecule has 1 aromatic rings. The SMILES string of the molecule is CN(C)c1ccc(C=CC=C(C#N)C(=O)NCCCCCC(=O)N(CC(=O)O)CC(=O)O)cc1. The molecule has 0 bridgehead atoms. The van der Waals surface area contributed by atoms with E-state index in [1.165, 1.54) is 6.08 Å². The molecule has 10 heteroatoms. The van der Waals surface area contributed by atoms with Crippen LogP contribution in [0, 0.1) is 11.3 Å². The summed E-state index contributed by atoms with van der Waals surface area (Å²) < 4.78 is 0. The number of nitrogens with one attached hydrogen (secondary N) is 1. The third kappa shape index (κ3) is 10.9. The van der Waals surface area contributed by atoms with Crippen molar-refractivity contribution in [3.63, 3.8) is 0 Å². The molecule has 0 saturated carbocycles. The number of hydrogen-bond donors (Lipinski definition) is 3. The van der Waals surface area contributed by atoms with E-state index in [0.29, 0.717) is 25.8 Å². The largest absolute Gasteiger partial charge is 0.480 e. The topological polar surface area (TPSA) is 151 Å². The Morgan fingerprint density at radius 2 is 1.62 bits per heavy atom. The van der Waals surface area contributed by atoms with Crippen LogP contribution < -0.4 is 10.2 Å². The maximum atomic E-state index is 12.2. The van der Waals surface area contributed by atoms with Gasteiger partial charge in [0.2, 0.25) is 5.91 Å². The summed E-state index contributed by atoms with van der Waals surface area (Å²) in [6, 6.07) is 9.65. The van der Waals surface area contributed by atoms with Crippen molar-refractivity contribution in [3.8, 4) is 6.07 Å². The number of carboxylic acid groups (broad SMARTS) is 2. The molecule has 0 spiro atoms. The highest BCUT2D eigenvalue weighted by Crippen LogP contribution is 2.13. The van der Waals surface area contributed by atoms with Crippen molar-refractivity contribution in [1.82, 2.24) is 10.2 Å². The van der Waals surface area contributed by atoms with Crippen molar-refractivity contribution in [2.75, 3.05) is 38.6 Å². The summed E-state index contributed by atoms with van der Waals surface area (Å²) in [6.45, 7) is -1.03. The molecular formula is C24H30N4O6. The molecule has 0 unspecified atom stereocenters. The minimum atomic E-state index is -1.28. The molecule has 1 rings (SSSR count). The molecule has 0 aliphatic carbocycles. The number of nitriles is 1. The average Bonchev–Trinajstić information content (AvgIpc) is 2.78. The molecule has 0 aliphatic heterocycles. The van der Waals surface area contributed by atoms with E-state index in [1.54, 1.807) is 12.2 Å². The van der Waals surface area contributed by atoms with Crippen LogP contribution in [0.15, 0.2) is 42.0 Å². The zero-order valence-electron chi connectivity index (χ0n) is 19.4. The fourth-order valence-corrected chi connectivity index (χ4v) is 2.89. The Balaban J connectivity index is 2.41. The molecule has 0 radical (unpaired) electrons. The summed E-state index contributed by atoms with van der Waals surface area (Å²) in [4.78, 5) is 48.5. The van der Waals surface area contributed by atoms with E-state index >= 15 is 0 Å². The normalized spacial score (nSPS) is 11.0. The molecule has 0 fully saturated rings.